The number of piperidine rings is 1. The summed E-state index contributed by atoms with van der Waals surface area (Å²) in [6.45, 7) is 0.286. The van der Waals surface area contributed by atoms with Gasteiger partial charge in [0.15, 0.2) is 0 Å². The van der Waals surface area contributed by atoms with Crippen molar-refractivity contribution in [2.45, 2.75) is 30.8 Å². The summed E-state index contributed by atoms with van der Waals surface area (Å²) in [4.78, 5) is 12.1. The third kappa shape index (κ3) is 3.79. The lowest BCUT2D eigenvalue weighted by atomic mass is 9.86. The van der Waals surface area contributed by atoms with Crippen LogP contribution in [0.4, 0.5) is 0 Å². The molecule has 4 N–H and O–H groups in total. The molecule has 0 aromatic heterocycles. The highest BCUT2D eigenvalue weighted by Crippen LogP contribution is 2.27. The Morgan fingerprint density at radius 2 is 2.00 bits per heavy atom. The van der Waals surface area contributed by atoms with E-state index in [1.54, 1.807) is 0 Å². The first kappa shape index (κ1) is 15.0. The number of nitrogens with one attached hydrogen (secondary N) is 2. The van der Waals surface area contributed by atoms with Crippen molar-refractivity contribution in [2.75, 3.05) is 19.8 Å². The lowest BCUT2D eigenvalue weighted by molar-refractivity contribution is -0.125. The molecule has 1 saturated heterocycles. The smallest absolute Gasteiger partial charge is 0.237 e. The van der Waals surface area contributed by atoms with Gasteiger partial charge in [-0.1, -0.05) is 30.3 Å². The molecule has 2 rings (SSSR count). The Bertz CT molecular complexity index is 420. The summed E-state index contributed by atoms with van der Waals surface area (Å²) < 4.78 is 0. The molecule has 0 bridgehead atoms. The molecule has 2 atom stereocenters. The van der Waals surface area contributed by atoms with Crippen molar-refractivity contribution < 1.29 is 15.0 Å². The van der Waals surface area contributed by atoms with Crippen LogP contribution in [0.25, 0.3) is 0 Å². The molecule has 1 amide bonds. The maximum Gasteiger partial charge on any atom is 0.237 e. The first-order valence-corrected chi connectivity index (χ1v) is 7.05. The molecule has 1 aliphatic rings. The van der Waals surface area contributed by atoms with Crippen LogP contribution < -0.4 is 10.6 Å². The summed E-state index contributed by atoms with van der Waals surface area (Å²) in [7, 11) is 0. The minimum absolute atomic E-state index is 0.154. The first-order valence-electron chi connectivity index (χ1n) is 7.05. The van der Waals surface area contributed by atoms with Gasteiger partial charge in [0.2, 0.25) is 5.91 Å². The zero-order chi connectivity index (χ0) is 14.4. The third-order valence-corrected chi connectivity index (χ3v) is 3.78. The van der Waals surface area contributed by atoms with Crippen LogP contribution in [-0.2, 0) is 4.79 Å². The van der Waals surface area contributed by atoms with Crippen LogP contribution in [0.15, 0.2) is 30.3 Å². The Morgan fingerprint density at radius 3 is 2.65 bits per heavy atom. The number of hydrogen-bond acceptors (Lipinski definition) is 4. The van der Waals surface area contributed by atoms with Crippen molar-refractivity contribution >= 4 is 5.91 Å². The first-order chi connectivity index (χ1) is 9.74. The summed E-state index contributed by atoms with van der Waals surface area (Å²) in [6, 6.07) is 9.35. The van der Waals surface area contributed by atoms with Crippen LogP contribution in [0.1, 0.15) is 24.3 Å². The van der Waals surface area contributed by atoms with Gasteiger partial charge >= 0.3 is 0 Å². The van der Waals surface area contributed by atoms with E-state index in [0.717, 1.165) is 19.4 Å². The van der Waals surface area contributed by atoms with Gasteiger partial charge in [-0.15, -0.1) is 0 Å². The topological polar surface area (TPSA) is 81.6 Å². The summed E-state index contributed by atoms with van der Waals surface area (Å²) in [5, 5.41) is 23.9. The van der Waals surface area contributed by atoms with E-state index >= 15 is 0 Å². The fourth-order valence-electron chi connectivity index (χ4n) is 2.60. The second-order valence-corrected chi connectivity index (χ2v) is 5.21. The van der Waals surface area contributed by atoms with E-state index < -0.39 is 6.04 Å². The molecule has 5 heteroatoms. The Kier molecular flexibility index (Phi) is 5.52. The standard InChI is InChI=1S/C15H22N2O3/c18-9-13(10-19)17-15(20)14-8-12(6-7-16-14)11-4-2-1-3-5-11/h1-5,12-14,16,18-19H,6-10H2,(H,17,20)/t12-,14+/m1/s1. The van der Waals surface area contributed by atoms with Gasteiger partial charge in [-0.2, -0.15) is 0 Å². The summed E-state index contributed by atoms with van der Waals surface area (Å²) in [5.41, 5.74) is 1.26. The van der Waals surface area contributed by atoms with E-state index in [2.05, 4.69) is 22.8 Å². The van der Waals surface area contributed by atoms with Crippen LogP contribution in [0.3, 0.4) is 0 Å². The number of carbonyl (C=O) groups excluding carboxylic acids is 1. The van der Waals surface area contributed by atoms with E-state index in [-0.39, 0.29) is 25.2 Å². The molecule has 1 aliphatic heterocycles. The predicted molar refractivity (Wildman–Crippen MR) is 76.3 cm³/mol. The van der Waals surface area contributed by atoms with Crippen LogP contribution in [0.2, 0.25) is 0 Å². The highest BCUT2D eigenvalue weighted by atomic mass is 16.3. The number of carbonyl (C=O) groups is 1. The van der Waals surface area contributed by atoms with Crippen molar-refractivity contribution in [2.24, 2.45) is 0 Å². The molecular formula is C15H22N2O3. The van der Waals surface area contributed by atoms with Gasteiger partial charge in [-0.05, 0) is 30.9 Å². The maximum absolute atomic E-state index is 12.1. The van der Waals surface area contributed by atoms with Gasteiger partial charge in [0.25, 0.3) is 0 Å². The number of amides is 1. The van der Waals surface area contributed by atoms with Gasteiger partial charge in [-0.3, -0.25) is 4.79 Å². The van der Waals surface area contributed by atoms with Gasteiger partial charge in [0, 0.05) is 0 Å². The molecule has 5 nitrogen and oxygen atoms in total. The van der Waals surface area contributed by atoms with Crippen molar-refractivity contribution in [3.63, 3.8) is 0 Å². The monoisotopic (exact) mass is 278 g/mol. The highest BCUT2D eigenvalue weighted by molar-refractivity contribution is 5.82. The fraction of sp³-hybridized carbons (Fsp3) is 0.533. The molecule has 20 heavy (non-hydrogen) atoms. The lowest BCUT2D eigenvalue weighted by Crippen LogP contribution is -2.52. The van der Waals surface area contributed by atoms with Crippen molar-refractivity contribution in [3.8, 4) is 0 Å². The van der Waals surface area contributed by atoms with E-state index in [4.69, 9.17) is 10.2 Å². The number of hydrogen-bond donors (Lipinski definition) is 4. The van der Waals surface area contributed by atoms with Gasteiger partial charge in [0.1, 0.15) is 0 Å². The average molecular weight is 278 g/mol. The Morgan fingerprint density at radius 1 is 1.30 bits per heavy atom. The molecule has 0 aliphatic carbocycles. The Balaban J connectivity index is 1.95. The quantitative estimate of drug-likeness (QED) is 0.611. The Hall–Kier alpha value is -1.43. The van der Waals surface area contributed by atoms with Crippen molar-refractivity contribution in [1.29, 1.82) is 0 Å². The summed E-state index contributed by atoms with van der Waals surface area (Å²) in [5.74, 6) is 0.216. The summed E-state index contributed by atoms with van der Waals surface area (Å²) >= 11 is 0. The number of aliphatic hydroxyl groups excluding tert-OH is 2. The van der Waals surface area contributed by atoms with E-state index in [0.29, 0.717) is 5.92 Å². The second-order valence-electron chi connectivity index (χ2n) is 5.21. The third-order valence-electron chi connectivity index (χ3n) is 3.78. The highest BCUT2D eigenvalue weighted by Gasteiger charge is 2.28. The van der Waals surface area contributed by atoms with Crippen molar-refractivity contribution in [3.05, 3.63) is 35.9 Å². The minimum atomic E-state index is -0.582. The second kappa shape index (κ2) is 7.38. The minimum Gasteiger partial charge on any atom is -0.394 e. The van der Waals surface area contributed by atoms with Crippen molar-refractivity contribution in [1.82, 2.24) is 10.6 Å². The molecule has 1 fully saturated rings. The van der Waals surface area contributed by atoms with Crippen LogP contribution in [-0.4, -0.2) is 48.0 Å². The molecule has 110 valence electrons. The molecule has 0 radical (unpaired) electrons. The van der Waals surface area contributed by atoms with Gasteiger partial charge in [0.05, 0.1) is 25.3 Å². The van der Waals surface area contributed by atoms with E-state index in [9.17, 15) is 4.79 Å². The summed E-state index contributed by atoms with van der Waals surface area (Å²) in [6.07, 6.45) is 1.75. The Labute approximate surface area is 119 Å². The molecule has 1 aromatic carbocycles. The molecule has 1 heterocycles. The number of rotatable bonds is 5. The van der Waals surface area contributed by atoms with Crippen LogP contribution in [0.5, 0.6) is 0 Å². The largest absolute Gasteiger partial charge is 0.394 e. The van der Waals surface area contributed by atoms with Crippen LogP contribution >= 0.6 is 0 Å². The molecule has 0 unspecified atom stereocenters. The average Bonchev–Trinajstić information content (AvgIpc) is 2.53. The SMILES string of the molecule is O=C(NC(CO)CO)[C@@H]1C[C@H](c2ccccc2)CCN1. The normalized spacial score (nSPS) is 22.8. The molecule has 1 aromatic rings. The number of aliphatic hydroxyl groups is 2. The number of benzene rings is 1. The van der Waals surface area contributed by atoms with E-state index in [1.165, 1.54) is 5.56 Å². The zero-order valence-electron chi connectivity index (χ0n) is 11.5. The molecule has 0 saturated carbocycles. The predicted octanol–water partition coefficient (Wildman–Crippen LogP) is -0.00840. The maximum atomic E-state index is 12.1. The molecular weight excluding hydrogens is 256 g/mol. The van der Waals surface area contributed by atoms with Crippen LogP contribution in [0, 0.1) is 0 Å². The van der Waals surface area contributed by atoms with Gasteiger partial charge < -0.3 is 20.8 Å². The van der Waals surface area contributed by atoms with Gasteiger partial charge in [-0.25, -0.2) is 0 Å². The lowest BCUT2D eigenvalue weighted by Gasteiger charge is -2.30. The molecule has 0 spiro atoms. The fourth-order valence-corrected chi connectivity index (χ4v) is 2.60. The van der Waals surface area contributed by atoms with E-state index in [1.807, 2.05) is 18.2 Å². The zero-order valence-corrected chi connectivity index (χ0v) is 11.5.